The molecule has 0 unspecified atom stereocenters. The van der Waals surface area contributed by atoms with Gasteiger partial charge in [0.25, 0.3) is 0 Å². The number of hydrogen-bond acceptors (Lipinski definition) is 7. The molecule has 172 valence electrons. The lowest BCUT2D eigenvalue weighted by molar-refractivity contribution is -0.113. The van der Waals surface area contributed by atoms with Crippen molar-refractivity contribution in [2.24, 2.45) is 21.1 Å². The second-order valence-electron chi connectivity index (χ2n) is 7.36. The van der Waals surface area contributed by atoms with E-state index >= 15 is 0 Å². The van der Waals surface area contributed by atoms with Crippen LogP contribution in [0.2, 0.25) is 0 Å². The lowest BCUT2D eigenvalue weighted by atomic mass is 10.2. The molecule has 2 heterocycles. The molecule has 0 saturated carbocycles. The number of anilines is 1. The minimum Gasteiger partial charge on any atom is -0.497 e. The molecule has 2 aromatic heterocycles. The summed E-state index contributed by atoms with van der Waals surface area (Å²) in [5, 5.41) is 11.8. The fraction of sp³-hybridized carbons (Fsp3) is 0.273. The van der Waals surface area contributed by atoms with Crippen LogP contribution in [0.15, 0.2) is 52.4 Å². The molecule has 0 saturated heterocycles. The van der Waals surface area contributed by atoms with E-state index in [0.29, 0.717) is 22.4 Å². The van der Waals surface area contributed by atoms with Crippen molar-refractivity contribution in [3.63, 3.8) is 0 Å². The Bertz CT molecular complexity index is 1360. The highest BCUT2D eigenvalue weighted by Gasteiger charge is 2.13. The Labute approximate surface area is 194 Å². The molecule has 0 atom stereocenters. The molecule has 1 amide bonds. The molecule has 1 N–H and O–H groups in total. The Balaban J connectivity index is 1.34. The molecule has 0 bridgehead atoms. The molecule has 0 spiro atoms. The van der Waals surface area contributed by atoms with Crippen molar-refractivity contribution in [3.05, 3.63) is 58.8 Å². The van der Waals surface area contributed by atoms with E-state index in [4.69, 9.17) is 9.47 Å². The number of amides is 1. The van der Waals surface area contributed by atoms with E-state index in [1.807, 2.05) is 37.4 Å². The number of ether oxygens (including phenoxy) is 2. The lowest BCUT2D eigenvalue weighted by Crippen LogP contribution is -2.19. The van der Waals surface area contributed by atoms with E-state index in [1.54, 1.807) is 47.0 Å². The highest BCUT2D eigenvalue weighted by atomic mass is 32.2. The largest absolute Gasteiger partial charge is 0.497 e. The van der Waals surface area contributed by atoms with Gasteiger partial charge in [-0.2, -0.15) is 0 Å². The van der Waals surface area contributed by atoms with Gasteiger partial charge in [-0.25, -0.2) is 4.79 Å². The molecule has 0 radical (unpaired) electrons. The van der Waals surface area contributed by atoms with E-state index < -0.39 is 0 Å². The van der Waals surface area contributed by atoms with Gasteiger partial charge in [-0.1, -0.05) is 11.8 Å². The van der Waals surface area contributed by atoms with Crippen LogP contribution in [0.25, 0.3) is 11.0 Å². The predicted octanol–water partition coefficient (Wildman–Crippen LogP) is 2.32. The average molecular weight is 469 g/mol. The number of fused-ring (bicyclic) bond motifs is 1. The van der Waals surface area contributed by atoms with Crippen LogP contribution in [0.3, 0.4) is 0 Å². The van der Waals surface area contributed by atoms with Gasteiger partial charge in [-0.15, -0.1) is 10.2 Å². The maximum Gasteiger partial charge on any atom is 0.328 e. The molecular weight excluding hydrogens is 444 g/mol. The number of aromatic nitrogens is 5. The fourth-order valence-corrected chi connectivity index (χ4v) is 4.06. The van der Waals surface area contributed by atoms with Gasteiger partial charge in [0.05, 0.1) is 23.9 Å². The van der Waals surface area contributed by atoms with Gasteiger partial charge in [0.2, 0.25) is 5.91 Å². The van der Waals surface area contributed by atoms with Crippen LogP contribution in [0.1, 0.15) is 5.82 Å². The van der Waals surface area contributed by atoms with Crippen molar-refractivity contribution in [1.29, 1.82) is 0 Å². The Kier molecular flexibility index (Phi) is 6.40. The molecule has 4 aromatic rings. The van der Waals surface area contributed by atoms with Gasteiger partial charge in [-0.3, -0.25) is 13.9 Å². The third-order valence-corrected chi connectivity index (χ3v) is 6.26. The molecule has 0 aliphatic rings. The highest BCUT2D eigenvalue weighted by Crippen LogP contribution is 2.21. The Morgan fingerprint density at radius 2 is 1.67 bits per heavy atom. The first-order valence-electron chi connectivity index (χ1n) is 10.1. The van der Waals surface area contributed by atoms with Crippen LogP contribution >= 0.6 is 11.8 Å². The summed E-state index contributed by atoms with van der Waals surface area (Å²) in [5.41, 5.74) is 2.07. The van der Waals surface area contributed by atoms with Gasteiger partial charge in [0.1, 0.15) is 18.1 Å². The van der Waals surface area contributed by atoms with Crippen LogP contribution in [0, 0.1) is 0 Å². The third-order valence-electron chi connectivity index (χ3n) is 5.24. The average Bonchev–Trinajstić information content (AvgIpc) is 3.28. The molecule has 2 aromatic carbocycles. The Morgan fingerprint density at radius 1 is 0.970 bits per heavy atom. The molecule has 0 aliphatic carbocycles. The fourth-order valence-electron chi connectivity index (χ4n) is 3.33. The Morgan fingerprint density at radius 3 is 2.39 bits per heavy atom. The molecule has 4 rings (SSSR count). The summed E-state index contributed by atoms with van der Waals surface area (Å²) in [4.78, 5) is 24.5. The third kappa shape index (κ3) is 4.72. The summed E-state index contributed by atoms with van der Waals surface area (Å²) in [5.74, 6) is 2.08. The molecule has 0 aliphatic heterocycles. The highest BCUT2D eigenvalue weighted by molar-refractivity contribution is 7.99. The monoisotopic (exact) mass is 468 g/mol. The Hall–Kier alpha value is -3.73. The molecular formula is C22H24N6O4S. The zero-order chi connectivity index (χ0) is 23.5. The zero-order valence-electron chi connectivity index (χ0n) is 18.7. The number of thioether (sulfide) groups is 1. The normalized spacial score (nSPS) is 11.0. The first-order chi connectivity index (χ1) is 15.9. The quantitative estimate of drug-likeness (QED) is 0.396. The number of hydrogen-bond donors (Lipinski definition) is 1. The maximum atomic E-state index is 12.5. The number of aryl methyl sites for hydroxylation is 2. The maximum absolute atomic E-state index is 12.5. The van der Waals surface area contributed by atoms with Crippen molar-refractivity contribution in [2.45, 2.75) is 11.8 Å². The van der Waals surface area contributed by atoms with Crippen molar-refractivity contribution in [3.8, 4) is 11.5 Å². The predicted molar refractivity (Wildman–Crippen MR) is 126 cm³/mol. The summed E-state index contributed by atoms with van der Waals surface area (Å²) in [6.45, 7) is 0.248. The number of rotatable bonds is 8. The van der Waals surface area contributed by atoms with Gasteiger partial charge < -0.3 is 19.4 Å². The smallest absolute Gasteiger partial charge is 0.328 e. The van der Waals surface area contributed by atoms with Crippen molar-refractivity contribution in [1.82, 2.24) is 23.9 Å². The summed E-state index contributed by atoms with van der Waals surface area (Å²) in [7, 11) is 6.86. The molecule has 0 fully saturated rings. The van der Waals surface area contributed by atoms with Crippen LogP contribution in [-0.2, 0) is 32.5 Å². The SMILES string of the molecule is COc1ccc(OCc2nnc(SCC(=O)Nc3ccc4c(c3)n(C)c(=O)n4C)n2C)cc1. The van der Waals surface area contributed by atoms with Crippen LogP contribution in [-0.4, -0.2) is 42.7 Å². The molecule has 33 heavy (non-hydrogen) atoms. The first kappa shape index (κ1) is 22.5. The number of benzene rings is 2. The number of carbonyl (C=O) groups excluding carboxylic acids is 1. The molecule has 11 heteroatoms. The lowest BCUT2D eigenvalue weighted by Gasteiger charge is -2.08. The molecule has 10 nitrogen and oxygen atoms in total. The van der Waals surface area contributed by atoms with Crippen LogP contribution in [0.4, 0.5) is 5.69 Å². The second-order valence-corrected chi connectivity index (χ2v) is 8.31. The van der Waals surface area contributed by atoms with Crippen molar-refractivity contribution < 1.29 is 14.3 Å². The van der Waals surface area contributed by atoms with E-state index in [1.165, 1.54) is 11.8 Å². The van der Waals surface area contributed by atoms with E-state index in [2.05, 4.69) is 15.5 Å². The van der Waals surface area contributed by atoms with E-state index in [0.717, 1.165) is 16.8 Å². The van der Waals surface area contributed by atoms with Gasteiger partial charge >= 0.3 is 5.69 Å². The number of nitrogens with zero attached hydrogens (tertiary/aromatic N) is 5. The summed E-state index contributed by atoms with van der Waals surface area (Å²) in [6, 6.07) is 12.7. The minimum absolute atomic E-state index is 0.113. The van der Waals surface area contributed by atoms with E-state index in [9.17, 15) is 9.59 Å². The number of nitrogens with one attached hydrogen (secondary N) is 1. The minimum atomic E-state index is -0.181. The summed E-state index contributed by atoms with van der Waals surface area (Å²) < 4.78 is 15.8. The number of carbonyl (C=O) groups is 1. The number of imidazole rings is 1. The summed E-state index contributed by atoms with van der Waals surface area (Å²) in [6.07, 6.45) is 0. The summed E-state index contributed by atoms with van der Waals surface area (Å²) >= 11 is 1.28. The second kappa shape index (κ2) is 9.41. The van der Waals surface area contributed by atoms with Crippen LogP contribution < -0.4 is 20.5 Å². The van der Waals surface area contributed by atoms with Crippen molar-refractivity contribution >= 4 is 34.4 Å². The topological polar surface area (TPSA) is 105 Å². The van der Waals surface area contributed by atoms with Gasteiger partial charge in [-0.05, 0) is 42.5 Å². The first-order valence-corrected chi connectivity index (χ1v) is 11.1. The van der Waals surface area contributed by atoms with Gasteiger partial charge in [0.15, 0.2) is 11.0 Å². The number of methoxy groups -OCH3 is 1. The van der Waals surface area contributed by atoms with Crippen LogP contribution in [0.5, 0.6) is 11.5 Å². The van der Waals surface area contributed by atoms with Gasteiger partial charge in [0, 0.05) is 26.8 Å². The van der Waals surface area contributed by atoms with Crippen molar-refractivity contribution in [2.75, 3.05) is 18.2 Å². The van der Waals surface area contributed by atoms with E-state index in [-0.39, 0.29) is 24.0 Å². The zero-order valence-corrected chi connectivity index (χ0v) is 19.5. The standard InChI is InChI=1S/C22H24N6O4S/c1-26-17-10-5-14(11-18(17)27(2)22(26)30)23-20(29)13-33-21-25-24-19(28(21)3)12-32-16-8-6-15(31-4)7-9-16/h5-11H,12-13H2,1-4H3,(H,23,29).